The number of para-hydroxylation sites is 2. The van der Waals surface area contributed by atoms with Crippen LogP contribution in [0.1, 0.15) is 38.3 Å². The molecule has 3 aromatic rings. The Labute approximate surface area is 192 Å². The van der Waals surface area contributed by atoms with Gasteiger partial charge in [-0.2, -0.15) is 4.98 Å². The Hall–Kier alpha value is -3.26. The fourth-order valence-corrected chi connectivity index (χ4v) is 4.61. The average Bonchev–Trinajstić information content (AvgIpc) is 3.21. The van der Waals surface area contributed by atoms with Crippen LogP contribution in [0.3, 0.4) is 0 Å². The van der Waals surface area contributed by atoms with Gasteiger partial charge in [-0.3, -0.25) is 4.79 Å². The first-order chi connectivity index (χ1) is 15.6. The third-order valence-electron chi connectivity index (χ3n) is 5.27. The summed E-state index contributed by atoms with van der Waals surface area (Å²) in [5, 5.41) is 11.8. The van der Waals surface area contributed by atoms with E-state index in [2.05, 4.69) is 22.5 Å². The van der Waals surface area contributed by atoms with Crippen LogP contribution in [0.5, 0.6) is 5.75 Å². The third-order valence-corrected chi connectivity index (χ3v) is 6.20. The molecule has 7 nitrogen and oxygen atoms in total. The molecule has 4 rings (SSSR count). The van der Waals surface area contributed by atoms with E-state index < -0.39 is 6.04 Å². The van der Waals surface area contributed by atoms with Gasteiger partial charge in [0.05, 0.1) is 12.7 Å². The summed E-state index contributed by atoms with van der Waals surface area (Å²) in [5.74, 6) is 2.07. The molecule has 0 aliphatic carbocycles. The third kappa shape index (κ3) is 4.50. The SMILES string of the molecule is CCCCSc1nc2n(n1)C(c1ccccc1OC)C(C(=O)Nc1ccccc1)=C(C)N2. The van der Waals surface area contributed by atoms with E-state index in [1.165, 1.54) is 0 Å². The molecule has 166 valence electrons. The first-order valence-corrected chi connectivity index (χ1v) is 11.7. The lowest BCUT2D eigenvalue weighted by molar-refractivity contribution is -0.113. The maximum absolute atomic E-state index is 13.5. The zero-order valence-electron chi connectivity index (χ0n) is 18.5. The maximum atomic E-state index is 13.5. The summed E-state index contributed by atoms with van der Waals surface area (Å²) in [6.45, 7) is 4.06. The van der Waals surface area contributed by atoms with Crippen LogP contribution in [-0.4, -0.2) is 33.5 Å². The quantitative estimate of drug-likeness (QED) is 0.368. The van der Waals surface area contributed by atoms with Gasteiger partial charge in [0.15, 0.2) is 0 Å². The zero-order valence-corrected chi connectivity index (χ0v) is 19.3. The van der Waals surface area contributed by atoms with Crippen molar-refractivity contribution in [3.05, 3.63) is 71.4 Å². The molecule has 0 fully saturated rings. The minimum Gasteiger partial charge on any atom is -0.496 e. The summed E-state index contributed by atoms with van der Waals surface area (Å²) in [6, 6.07) is 16.7. The molecular weight excluding hydrogens is 422 g/mol. The van der Waals surface area contributed by atoms with Gasteiger partial charge in [0.1, 0.15) is 11.8 Å². The molecule has 1 aromatic heterocycles. The summed E-state index contributed by atoms with van der Waals surface area (Å²) >= 11 is 1.63. The summed E-state index contributed by atoms with van der Waals surface area (Å²) < 4.78 is 7.43. The molecular formula is C24H27N5O2S. The number of methoxy groups -OCH3 is 1. The maximum Gasteiger partial charge on any atom is 0.255 e. The van der Waals surface area contributed by atoms with Gasteiger partial charge in [-0.25, -0.2) is 4.68 Å². The van der Waals surface area contributed by atoms with Gasteiger partial charge in [0.2, 0.25) is 11.1 Å². The molecule has 32 heavy (non-hydrogen) atoms. The Morgan fingerprint density at radius 1 is 1.19 bits per heavy atom. The van der Waals surface area contributed by atoms with Crippen LogP contribution in [-0.2, 0) is 4.79 Å². The van der Waals surface area contributed by atoms with Gasteiger partial charge in [0, 0.05) is 22.7 Å². The van der Waals surface area contributed by atoms with E-state index in [9.17, 15) is 4.79 Å². The van der Waals surface area contributed by atoms with Crippen LogP contribution in [0.15, 0.2) is 71.0 Å². The second-order valence-corrected chi connectivity index (χ2v) is 8.55. The Balaban J connectivity index is 1.76. The number of aromatic nitrogens is 3. The van der Waals surface area contributed by atoms with Gasteiger partial charge >= 0.3 is 0 Å². The van der Waals surface area contributed by atoms with E-state index in [0.29, 0.717) is 22.4 Å². The van der Waals surface area contributed by atoms with E-state index in [-0.39, 0.29) is 5.91 Å². The molecule has 8 heteroatoms. The van der Waals surface area contributed by atoms with Crippen LogP contribution in [0.4, 0.5) is 11.6 Å². The number of benzene rings is 2. The van der Waals surface area contributed by atoms with Gasteiger partial charge in [0.25, 0.3) is 5.91 Å². The van der Waals surface area contributed by atoms with E-state index >= 15 is 0 Å². The normalized spacial score (nSPS) is 15.2. The van der Waals surface area contributed by atoms with E-state index in [0.717, 1.165) is 35.5 Å². The Morgan fingerprint density at radius 3 is 2.69 bits per heavy atom. The molecule has 2 aromatic carbocycles. The Bertz CT molecular complexity index is 1130. The van der Waals surface area contributed by atoms with Crippen LogP contribution in [0.2, 0.25) is 0 Å². The first kappa shape index (κ1) is 22.0. The fraction of sp³-hybridized carbons (Fsp3) is 0.292. The molecule has 2 N–H and O–H groups in total. The van der Waals surface area contributed by atoms with Crippen molar-refractivity contribution < 1.29 is 9.53 Å². The minimum atomic E-state index is -0.473. The van der Waals surface area contributed by atoms with Crippen LogP contribution in [0, 0.1) is 0 Å². The topological polar surface area (TPSA) is 81.1 Å². The van der Waals surface area contributed by atoms with Crippen molar-refractivity contribution in [2.24, 2.45) is 0 Å². The Kier molecular flexibility index (Phi) is 6.80. The lowest BCUT2D eigenvalue weighted by atomic mass is 9.94. The number of hydrogen-bond acceptors (Lipinski definition) is 6. The highest BCUT2D eigenvalue weighted by molar-refractivity contribution is 7.99. The second-order valence-electron chi connectivity index (χ2n) is 7.49. The first-order valence-electron chi connectivity index (χ1n) is 10.7. The number of rotatable bonds is 8. The number of allylic oxidation sites excluding steroid dienone is 1. The standard InChI is InChI=1S/C24H27N5O2S/c1-4-5-15-32-24-27-23-25-16(2)20(22(30)26-17-11-7-6-8-12-17)21(29(23)28-24)18-13-9-10-14-19(18)31-3/h6-14,21H,4-5,15H2,1-3H3,(H,26,30)(H,25,27,28). The summed E-state index contributed by atoms with van der Waals surface area (Å²) in [7, 11) is 1.63. The van der Waals surface area contributed by atoms with E-state index in [1.807, 2.05) is 61.5 Å². The number of fused-ring (bicyclic) bond motifs is 1. The molecule has 0 bridgehead atoms. The van der Waals surface area contributed by atoms with Crippen LogP contribution in [0.25, 0.3) is 0 Å². The Morgan fingerprint density at radius 2 is 1.94 bits per heavy atom. The van der Waals surface area contributed by atoms with Crippen molar-refractivity contribution in [2.75, 3.05) is 23.5 Å². The lowest BCUT2D eigenvalue weighted by Gasteiger charge is -2.29. The van der Waals surface area contributed by atoms with Crippen molar-refractivity contribution in [1.82, 2.24) is 14.8 Å². The molecule has 1 amide bonds. The number of nitrogens with one attached hydrogen (secondary N) is 2. The van der Waals surface area contributed by atoms with Crippen LogP contribution < -0.4 is 15.4 Å². The molecule has 1 aliphatic rings. The van der Waals surface area contributed by atoms with Gasteiger partial charge in [-0.15, -0.1) is 5.10 Å². The molecule has 0 saturated carbocycles. The van der Waals surface area contributed by atoms with E-state index in [1.54, 1.807) is 23.6 Å². The minimum absolute atomic E-state index is 0.196. The average molecular weight is 450 g/mol. The van der Waals surface area contributed by atoms with Crippen molar-refractivity contribution in [3.8, 4) is 5.75 Å². The van der Waals surface area contributed by atoms with Gasteiger partial charge < -0.3 is 15.4 Å². The highest BCUT2D eigenvalue weighted by Crippen LogP contribution is 2.40. The molecule has 0 spiro atoms. The number of amides is 1. The lowest BCUT2D eigenvalue weighted by Crippen LogP contribution is -2.31. The van der Waals surface area contributed by atoms with Crippen LogP contribution >= 0.6 is 11.8 Å². The van der Waals surface area contributed by atoms with Crippen molar-refractivity contribution in [3.63, 3.8) is 0 Å². The van der Waals surface area contributed by atoms with Gasteiger partial charge in [-0.05, 0) is 31.5 Å². The molecule has 2 heterocycles. The summed E-state index contributed by atoms with van der Waals surface area (Å²) in [6.07, 6.45) is 2.22. The zero-order chi connectivity index (χ0) is 22.5. The predicted octanol–water partition coefficient (Wildman–Crippen LogP) is 5.11. The molecule has 1 unspecified atom stereocenters. The second kappa shape index (κ2) is 9.91. The molecule has 1 atom stereocenters. The monoisotopic (exact) mass is 449 g/mol. The number of carbonyl (C=O) groups is 1. The predicted molar refractivity (Wildman–Crippen MR) is 128 cm³/mol. The number of unbranched alkanes of at least 4 members (excludes halogenated alkanes) is 1. The highest BCUT2D eigenvalue weighted by Gasteiger charge is 2.35. The van der Waals surface area contributed by atoms with Gasteiger partial charge in [-0.1, -0.05) is 61.5 Å². The number of ether oxygens (including phenoxy) is 1. The largest absolute Gasteiger partial charge is 0.496 e. The van der Waals surface area contributed by atoms with Crippen molar-refractivity contribution >= 4 is 29.3 Å². The smallest absolute Gasteiger partial charge is 0.255 e. The highest BCUT2D eigenvalue weighted by atomic mass is 32.2. The number of nitrogens with zero attached hydrogens (tertiary/aromatic N) is 3. The summed E-state index contributed by atoms with van der Waals surface area (Å²) in [5.41, 5.74) is 2.89. The van der Waals surface area contributed by atoms with E-state index in [4.69, 9.17) is 9.84 Å². The number of hydrogen-bond donors (Lipinski definition) is 2. The fourth-order valence-electron chi connectivity index (χ4n) is 3.69. The number of anilines is 2. The number of carbonyl (C=O) groups excluding carboxylic acids is 1. The number of thioether (sulfide) groups is 1. The molecule has 0 radical (unpaired) electrons. The van der Waals surface area contributed by atoms with Crippen molar-refractivity contribution in [2.45, 2.75) is 37.9 Å². The summed E-state index contributed by atoms with van der Waals surface area (Å²) in [4.78, 5) is 18.2. The molecule has 0 saturated heterocycles. The molecule has 1 aliphatic heterocycles. The van der Waals surface area contributed by atoms with Crippen molar-refractivity contribution in [1.29, 1.82) is 0 Å².